The first-order valence-corrected chi connectivity index (χ1v) is 6.12. The summed E-state index contributed by atoms with van der Waals surface area (Å²) in [5, 5.41) is 0. The Hall–Kier alpha value is -1.19. The summed E-state index contributed by atoms with van der Waals surface area (Å²) in [7, 11) is 0. The molecule has 0 radical (unpaired) electrons. The number of carbonyl (C=O) groups is 1. The third kappa shape index (κ3) is 3.65. The molecule has 1 saturated heterocycles. The van der Waals surface area contributed by atoms with E-state index in [9.17, 15) is 4.79 Å². The summed E-state index contributed by atoms with van der Waals surface area (Å²) < 4.78 is 5.34. The van der Waals surface area contributed by atoms with E-state index in [1.807, 2.05) is 12.1 Å². The fourth-order valence-corrected chi connectivity index (χ4v) is 2.15. The molecule has 1 fully saturated rings. The van der Waals surface area contributed by atoms with Gasteiger partial charge in [-0.1, -0.05) is 24.3 Å². The predicted octanol–water partition coefficient (Wildman–Crippen LogP) is 1.65. The molecule has 0 amide bonds. The number of ether oxygens (including phenoxy) is 1. The van der Waals surface area contributed by atoms with E-state index in [-0.39, 0.29) is 5.78 Å². The normalized spacial score (nSPS) is 17.0. The van der Waals surface area contributed by atoms with Crippen molar-refractivity contribution in [3.05, 3.63) is 35.4 Å². The molecule has 2 rings (SSSR count). The maximum absolute atomic E-state index is 11.2. The van der Waals surface area contributed by atoms with Crippen molar-refractivity contribution in [1.29, 1.82) is 0 Å². The van der Waals surface area contributed by atoms with E-state index in [1.165, 1.54) is 5.56 Å². The lowest BCUT2D eigenvalue weighted by Crippen LogP contribution is -2.35. The van der Waals surface area contributed by atoms with Crippen molar-refractivity contribution < 1.29 is 9.53 Å². The van der Waals surface area contributed by atoms with Gasteiger partial charge in [0, 0.05) is 26.1 Å². The zero-order chi connectivity index (χ0) is 12.1. The topological polar surface area (TPSA) is 29.5 Å². The number of hydrogen-bond acceptors (Lipinski definition) is 3. The van der Waals surface area contributed by atoms with Crippen LogP contribution in [0, 0.1) is 0 Å². The van der Waals surface area contributed by atoms with Crippen molar-refractivity contribution in [3.8, 4) is 0 Å². The first-order valence-electron chi connectivity index (χ1n) is 6.12. The second kappa shape index (κ2) is 5.94. The molecule has 1 aromatic carbocycles. The molecule has 0 bridgehead atoms. The van der Waals surface area contributed by atoms with Gasteiger partial charge >= 0.3 is 0 Å². The Kier molecular flexibility index (Phi) is 4.29. The summed E-state index contributed by atoms with van der Waals surface area (Å²) in [5.41, 5.74) is 2.43. The minimum Gasteiger partial charge on any atom is -0.379 e. The molecule has 1 aliphatic heterocycles. The van der Waals surface area contributed by atoms with Gasteiger partial charge in [-0.05, 0) is 18.1 Å². The van der Waals surface area contributed by atoms with Crippen LogP contribution in [0.2, 0.25) is 0 Å². The van der Waals surface area contributed by atoms with E-state index in [0.717, 1.165) is 38.4 Å². The summed E-state index contributed by atoms with van der Waals surface area (Å²) in [4.78, 5) is 13.6. The van der Waals surface area contributed by atoms with E-state index in [0.29, 0.717) is 6.42 Å². The third-order valence-corrected chi connectivity index (χ3v) is 3.06. The van der Waals surface area contributed by atoms with Crippen molar-refractivity contribution in [2.75, 3.05) is 26.3 Å². The van der Waals surface area contributed by atoms with Crippen LogP contribution in [0.15, 0.2) is 24.3 Å². The smallest absolute Gasteiger partial charge is 0.134 e. The van der Waals surface area contributed by atoms with Crippen LogP contribution in [0.25, 0.3) is 0 Å². The first-order chi connectivity index (χ1) is 8.25. The largest absolute Gasteiger partial charge is 0.379 e. The molecule has 0 unspecified atom stereocenters. The standard InChI is InChI=1S/C14H19NO2/c1-12(16)10-13-4-2-3-5-14(13)11-15-6-8-17-9-7-15/h2-5H,6-11H2,1H3. The Morgan fingerprint density at radius 1 is 1.24 bits per heavy atom. The van der Waals surface area contributed by atoms with E-state index in [4.69, 9.17) is 4.74 Å². The van der Waals surface area contributed by atoms with Gasteiger partial charge in [-0.15, -0.1) is 0 Å². The monoisotopic (exact) mass is 233 g/mol. The second-order valence-corrected chi connectivity index (χ2v) is 4.54. The lowest BCUT2D eigenvalue weighted by atomic mass is 10.0. The van der Waals surface area contributed by atoms with E-state index in [2.05, 4.69) is 17.0 Å². The van der Waals surface area contributed by atoms with Gasteiger partial charge in [0.25, 0.3) is 0 Å². The first kappa shape index (κ1) is 12.3. The Morgan fingerprint density at radius 3 is 2.53 bits per heavy atom. The van der Waals surface area contributed by atoms with Crippen LogP contribution in [-0.2, 0) is 22.5 Å². The van der Waals surface area contributed by atoms with Gasteiger partial charge in [-0.25, -0.2) is 0 Å². The highest BCUT2D eigenvalue weighted by molar-refractivity contribution is 5.78. The van der Waals surface area contributed by atoms with Crippen LogP contribution in [0.4, 0.5) is 0 Å². The lowest BCUT2D eigenvalue weighted by molar-refractivity contribution is -0.116. The summed E-state index contributed by atoms with van der Waals surface area (Å²) in [6, 6.07) is 8.21. The fraction of sp³-hybridized carbons (Fsp3) is 0.500. The maximum atomic E-state index is 11.2. The van der Waals surface area contributed by atoms with E-state index >= 15 is 0 Å². The molecule has 17 heavy (non-hydrogen) atoms. The number of Topliss-reactive ketones (excluding diaryl/α,β-unsaturated/α-hetero) is 1. The molecule has 0 aliphatic carbocycles. The van der Waals surface area contributed by atoms with Gasteiger partial charge in [-0.3, -0.25) is 9.69 Å². The molecule has 92 valence electrons. The average molecular weight is 233 g/mol. The average Bonchev–Trinajstić information content (AvgIpc) is 2.32. The number of ketones is 1. The van der Waals surface area contributed by atoms with Crippen molar-refractivity contribution in [2.45, 2.75) is 19.9 Å². The van der Waals surface area contributed by atoms with Gasteiger partial charge in [0.1, 0.15) is 5.78 Å². The van der Waals surface area contributed by atoms with Crippen LogP contribution >= 0.6 is 0 Å². The lowest BCUT2D eigenvalue weighted by Gasteiger charge is -2.27. The van der Waals surface area contributed by atoms with Crippen molar-refractivity contribution >= 4 is 5.78 Å². The number of nitrogens with zero attached hydrogens (tertiary/aromatic N) is 1. The summed E-state index contributed by atoms with van der Waals surface area (Å²) >= 11 is 0. The van der Waals surface area contributed by atoms with Crippen molar-refractivity contribution in [3.63, 3.8) is 0 Å². The Morgan fingerprint density at radius 2 is 1.88 bits per heavy atom. The Balaban J connectivity index is 2.05. The molecule has 1 aromatic rings. The third-order valence-electron chi connectivity index (χ3n) is 3.06. The molecule has 0 saturated carbocycles. The van der Waals surface area contributed by atoms with Crippen molar-refractivity contribution in [2.24, 2.45) is 0 Å². The Labute approximate surface area is 102 Å². The van der Waals surface area contributed by atoms with Crippen LogP contribution in [0.1, 0.15) is 18.1 Å². The van der Waals surface area contributed by atoms with E-state index in [1.54, 1.807) is 6.92 Å². The summed E-state index contributed by atoms with van der Waals surface area (Å²) in [5.74, 6) is 0.222. The number of benzene rings is 1. The molecule has 1 heterocycles. The maximum Gasteiger partial charge on any atom is 0.134 e. The molecule has 0 atom stereocenters. The van der Waals surface area contributed by atoms with E-state index < -0.39 is 0 Å². The van der Waals surface area contributed by atoms with Gasteiger partial charge < -0.3 is 4.74 Å². The minimum absolute atomic E-state index is 0.222. The van der Waals surface area contributed by atoms with Crippen molar-refractivity contribution in [1.82, 2.24) is 4.90 Å². The van der Waals surface area contributed by atoms with Gasteiger partial charge in [0.2, 0.25) is 0 Å². The summed E-state index contributed by atoms with van der Waals surface area (Å²) in [6.45, 7) is 6.16. The zero-order valence-corrected chi connectivity index (χ0v) is 10.3. The van der Waals surface area contributed by atoms with Gasteiger partial charge in [-0.2, -0.15) is 0 Å². The summed E-state index contributed by atoms with van der Waals surface area (Å²) in [6.07, 6.45) is 0.542. The number of carbonyl (C=O) groups excluding carboxylic acids is 1. The van der Waals surface area contributed by atoms with Gasteiger partial charge in [0.05, 0.1) is 13.2 Å². The fourth-order valence-electron chi connectivity index (χ4n) is 2.15. The zero-order valence-electron chi connectivity index (χ0n) is 10.3. The van der Waals surface area contributed by atoms with Crippen LogP contribution in [0.3, 0.4) is 0 Å². The molecule has 1 aliphatic rings. The Bertz CT molecular complexity index is 384. The van der Waals surface area contributed by atoms with Gasteiger partial charge in [0.15, 0.2) is 0 Å². The molecule has 3 nitrogen and oxygen atoms in total. The highest BCUT2D eigenvalue weighted by atomic mass is 16.5. The second-order valence-electron chi connectivity index (χ2n) is 4.54. The molecule has 0 aromatic heterocycles. The number of morpholine rings is 1. The quantitative estimate of drug-likeness (QED) is 0.792. The number of hydrogen-bond donors (Lipinski definition) is 0. The molecular weight excluding hydrogens is 214 g/mol. The molecule has 0 N–H and O–H groups in total. The predicted molar refractivity (Wildman–Crippen MR) is 66.9 cm³/mol. The number of rotatable bonds is 4. The minimum atomic E-state index is 0.222. The van der Waals surface area contributed by atoms with Crippen LogP contribution in [-0.4, -0.2) is 37.0 Å². The molecular formula is C14H19NO2. The highest BCUT2D eigenvalue weighted by Gasteiger charge is 2.12. The molecule has 0 spiro atoms. The molecule has 3 heteroatoms. The van der Waals surface area contributed by atoms with Crippen LogP contribution < -0.4 is 0 Å². The highest BCUT2D eigenvalue weighted by Crippen LogP contribution is 2.13. The van der Waals surface area contributed by atoms with Crippen LogP contribution in [0.5, 0.6) is 0 Å². The SMILES string of the molecule is CC(=O)Cc1ccccc1CN1CCOCC1.